The second kappa shape index (κ2) is 6.56. The molecule has 0 amide bonds. The molecule has 2 aliphatic heterocycles. The zero-order chi connectivity index (χ0) is 20.9. The molecule has 152 valence electrons. The Hall–Kier alpha value is -2.45. The summed E-state index contributed by atoms with van der Waals surface area (Å²) < 4.78 is 91.1. The molecule has 0 saturated carbocycles. The first kappa shape index (κ1) is 20.3. The molecular formula is C14H12F3N3O6S2. The van der Waals surface area contributed by atoms with Gasteiger partial charge in [-0.2, -0.15) is 13.2 Å². The fourth-order valence-electron chi connectivity index (χ4n) is 2.39. The lowest BCUT2D eigenvalue weighted by Crippen LogP contribution is -2.35. The van der Waals surface area contributed by atoms with E-state index in [1.807, 2.05) is 0 Å². The summed E-state index contributed by atoms with van der Waals surface area (Å²) in [7, 11) is -9.48. The standard InChI is InChI=1S/C14H12F3N3O6S2/c1-2-27(22,23)10-4-3-5-18-11(10)12-19-9-6-8(7-20(21)13(9)26-12)28(24,25)14(15,16)17/h3-7,13,21H,2H2,1H3. The molecule has 28 heavy (non-hydrogen) atoms. The summed E-state index contributed by atoms with van der Waals surface area (Å²) in [6, 6.07) is 2.61. The van der Waals surface area contributed by atoms with Gasteiger partial charge in [0.15, 0.2) is 9.84 Å². The molecule has 0 spiro atoms. The lowest BCUT2D eigenvalue weighted by molar-refractivity contribution is -0.132. The molecule has 3 rings (SSSR count). The number of pyridine rings is 1. The van der Waals surface area contributed by atoms with Crippen LogP contribution in [0.1, 0.15) is 12.6 Å². The summed E-state index contributed by atoms with van der Waals surface area (Å²) >= 11 is 0. The van der Waals surface area contributed by atoms with Crippen LogP contribution in [0.5, 0.6) is 0 Å². The van der Waals surface area contributed by atoms with Crippen LogP contribution in [0.25, 0.3) is 0 Å². The Morgan fingerprint density at radius 3 is 2.57 bits per heavy atom. The number of allylic oxidation sites excluding steroid dienone is 1. The van der Waals surface area contributed by atoms with Crippen molar-refractivity contribution in [2.24, 2.45) is 4.99 Å². The van der Waals surface area contributed by atoms with Crippen molar-refractivity contribution in [1.82, 2.24) is 10.0 Å². The van der Waals surface area contributed by atoms with E-state index < -0.39 is 36.3 Å². The molecule has 1 unspecified atom stereocenters. The fourth-order valence-corrected chi connectivity index (χ4v) is 4.21. The number of hydroxylamine groups is 2. The van der Waals surface area contributed by atoms with E-state index in [0.717, 1.165) is 0 Å². The summed E-state index contributed by atoms with van der Waals surface area (Å²) in [6.45, 7) is 1.40. The molecule has 1 aromatic rings. The number of sulfone groups is 2. The van der Waals surface area contributed by atoms with Crippen molar-refractivity contribution in [3.8, 4) is 0 Å². The molecule has 3 heterocycles. The zero-order valence-corrected chi connectivity index (χ0v) is 15.6. The van der Waals surface area contributed by atoms with Gasteiger partial charge in [0, 0.05) is 6.20 Å². The van der Waals surface area contributed by atoms with Crippen LogP contribution >= 0.6 is 0 Å². The highest BCUT2D eigenvalue weighted by Crippen LogP contribution is 2.36. The van der Waals surface area contributed by atoms with Gasteiger partial charge in [0.1, 0.15) is 11.4 Å². The van der Waals surface area contributed by atoms with Gasteiger partial charge in [0.05, 0.1) is 21.8 Å². The molecule has 14 heteroatoms. The van der Waals surface area contributed by atoms with E-state index in [9.17, 15) is 35.2 Å². The van der Waals surface area contributed by atoms with Crippen molar-refractivity contribution < 1.29 is 40.0 Å². The number of hydrogen-bond donors (Lipinski definition) is 1. The van der Waals surface area contributed by atoms with E-state index in [4.69, 9.17) is 4.74 Å². The summed E-state index contributed by atoms with van der Waals surface area (Å²) in [4.78, 5) is 6.26. The van der Waals surface area contributed by atoms with Crippen LogP contribution < -0.4 is 0 Å². The van der Waals surface area contributed by atoms with Gasteiger partial charge in [0.25, 0.3) is 9.84 Å². The van der Waals surface area contributed by atoms with E-state index in [1.165, 1.54) is 25.3 Å². The average Bonchev–Trinajstić information content (AvgIpc) is 3.05. The van der Waals surface area contributed by atoms with Gasteiger partial charge >= 0.3 is 5.51 Å². The maximum absolute atomic E-state index is 12.8. The average molecular weight is 439 g/mol. The Labute approximate surface area is 157 Å². The summed E-state index contributed by atoms with van der Waals surface area (Å²) in [5.41, 5.74) is -6.17. The smallest absolute Gasteiger partial charge is 0.444 e. The molecule has 0 radical (unpaired) electrons. The quantitative estimate of drug-likeness (QED) is 0.745. The highest BCUT2D eigenvalue weighted by atomic mass is 32.2. The van der Waals surface area contributed by atoms with Crippen LogP contribution in [0, 0.1) is 0 Å². The first-order valence-electron chi connectivity index (χ1n) is 7.54. The van der Waals surface area contributed by atoms with Crippen molar-refractivity contribution in [2.45, 2.75) is 23.6 Å². The molecule has 0 aliphatic carbocycles. The van der Waals surface area contributed by atoms with E-state index in [2.05, 4.69) is 9.98 Å². The molecule has 1 aromatic heterocycles. The SMILES string of the molecule is CCS(=O)(=O)c1cccnc1C1=NC2=CC(S(=O)(=O)C(F)(F)F)=CN(O)C2O1. The predicted molar refractivity (Wildman–Crippen MR) is 88.1 cm³/mol. The van der Waals surface area contributed by atoms with Crippen LogP contribution in [0.4, 0.5) is 13.2 Å². The number of ether oxygens (including phenoxy) is 1. The summed E-state index contributed by atoms with van der Waals surface area (Å²) in [5.74, 6) is -0.644. The van der Waals surface area contributed by atoms with E-state index in [0.29, 0.717) is 12.3 Å². The summed E-state index contributed by atoms with van der Waals surface area (Å²) in [6.07, 6.45) is 0.712. The fraction of sp³-hybridized carbons (Fsp3) is 0.286. The van der Waals surface area contributed by atoms with Gasteiger partial charge in [0.2, 0.25) is 12.1 Å². The second-order valence-electron chi connectivity index (χ2n) is 5.57. The number of aliphatic imine (C=N–C) groups is 1. The molecule has 2 aliphatic rings. The minimum absolute atomic E-state index is 0.0986. The van der Waals surface area contributed by atoms with Gasteiger partial charge < -0.3 is 4.74 Å². The van der Waals surface area contributed by atoms with Crippen LogP contribution in [-0.4, -0.2) is 55.5 Å². The Morgan fingerprint density at radius 2 is 1.96 bits per heavy atom. The minimum Gasteiger partial charge on any atom is -0.444 e. The van der Waals surface area contributed by atoms with Crippen LogP contribution in [-0.2, 0) is 24.4 Å². The third-order valence-corrected chi connectivity index (χ3v) is 7.01. The predicted octanol–water partition coefficient (Wildman–Crippen LogP) is 1.34. The number of rotatable bonds is 4. The second-order valence-corrected chi connectivity index (χ2v) is 9.76. The van der Waals surface area contributed by atoms with E-state index >= 15 is 0 Å². The van der Waals surface area contributed by atoms with Gasteiger partial charge in [-0.25, -0.2) is 31.9 Å². The number of halogens is 3. The number of hydrogen-bond acceptors (Lipinski definition) is 9. The Kier molecular flexibility index (Phi) is 4.75. The van der Waals surface area contributed by atoms with Crippen molar-refractivity contribution in [3.63, 3.8) is 0 Å². The van der Waals surface area contributed by atoms with Crippen LogP contribution in [0.15, 0.2) is 51.1 Å². The summed E-state index contributed by atoms with van der Waals surface area (Å²) in [5, 5.41) is 9.96. The zero-order valence-electron chi connectivity index (χ0n) is 14.0. The number of alkyl halides is 3. The van der Waals surface area contributed by atoms with Crippen molar-refractivity contribution >= 4 is 25.6 Å². The topological polar surface area (TPSA) is 126 Å². The maximum atomic E-state index is 12.8. The minimum atomic E-state index is -5.74. The highest BCUT2D eigenvalue weighted by molar-refractivity contribution is 7.96. The lowest BCUT2D eigenvalue weighted by Gasteiger charge is -2.25. The third kappa shape index (κ3) is 3.27. The molecule has 0 aromatic carbocycles. The van der Waals surface area contributed by atoms with Crippen molar-refractivity contribution in [1.29, 1.82) is 0 Å². The molecule has 1 atom stereocenters. The van der Waals surface area contributed by atoms with Gasteiger partial charge in [-0.3, -0.25) is 5.21 Å². The van der Waals surface area contributed by atoms with E-state index in [1.54, 1.807) is 0 Å². The normalized spacial score (nSPS) is 20.1. The van der Waals surface area contributed by atoms with E-state index in [-0.39, 0.29) is 33.0 Å². The number of fused-ring (bicyclic) bond motifs is 1. The van der Waals surface area contributed by atoms with Crippen molar-refractivity contribution in [2.75, 3.05) is 5.75 Å². The Bertz CT molecular complexity index is 1120. The first-order valence-corrected chi connectivity index (χ1v) is 10.7. The third-order valence-electron chi connectivity index (χ3n) is 3.80. The molecule has 0 bridgehead atoms. The van der Waals surface area contributed by atoms with Crippen LogP contribution in [0.2, 0.25) is 0 Å². The molecule has 0 fully saturated rings. The number of aromatic nitrogens is 1. The molecular weight excluding hydrogens is 427 g/mol. The van der Waals surface area contributed by atoms with Gasteiger partial charge in [-0.1, -0.05) is 6.92 Å². The van der Waals surface area contributed by atoms with Gasteiger partial charge in [-0.15, -0.1) is 0 Å². The molecule has 0 saturated heterocycles. The monoisotopic (exact) mass is 439 g/mol. The van der Waals surface area contributed by atoms with Crippen molar-refractivity contribution in [3.05, 3.63) is 46.9 Å². The van der Waals surface area contributed by atoms with Gasteiger partial charge in [-0.05, 0) is 18.2 Å². The van der Waals surface area contributed by atoms with Crippen LogP contribution in [0.3, 0.4) is 0 Å². The lowest BCUT2D eigenvalue weighted by atomic mass is 10.3. The maximum Gasteiger partial charge on any atom is 0.501 e. The molecule has 9 nitrogen and oxygen atoms in total. The number of nitrogens with zero attached hydrogens (tertiary/aromatic N) is 3. The molecule has 1 N–H and O–H groups in total. The first-order chi connectivity index (χ1) is 12.9. The Morgan fingerprint density at radius 1 is 1.29 bits per heavy atom. The highest BCUT2D eigenvalue weighted by Gasteiger charge is 2.50. The largest absolute Gasteiger partial charge is 0.501 e. The Balaban J connectivity index is 2.08.